The zero-order chi connectivity index (χ0) is 20.6. The first-order valence-electron chi connectivity index (χ1n) is 9.18. The second kappa shape index (κ2) is 10.2. The number of carbonyl (C=O) groups is 1. The summed E-state index contributed by atoms with van der Waals surface area (Å²) in [4.78, 5) is 12.7. The summed E-state index contributed by atoms with van der Waals surface area (Å²) in [5.74, 6) is 1.91. The van der Waals surface area contributed by atoms with Crippen molar-refractivity contribution in [3.05, 3.63) is 81.4 Å². The number of anilines is 1. The molecular formula is C23H22INO4. The van der Waals surface area contributed by atoms with Crippen LogP contribution in [0.2, 0.25) is 0 Å². The molecule has 0 atom stereocenters. The zero-order valence-electron chi connectivity index (χ0n) is 16.3. The smallest absolute Gasteiger partial charge is 0.255 e. The molecule has 0 saturated heterocycles. The van der Waals surface area contributed by atoms with E-state index in [0.717, 1.165) is 20.6 Å². The Kier molecular flexibility index (Phi) is 7.35. The average molecular weight is 503 g/mol. The van der Waals surface area contributed by atoms with Crippen LogP contribution in [0.15, 0.2) is 66.7 Å². The predicted molar refractivity (Wildman–Crippen MR) is 122 cm³/mol. The molecule has 0 radical (unpaired) electrons. The fraction of sp³-hybridized carbons (Fsp3) is 0.174. The molecule has 0 heterocycles. The first-order valence-corrected chi connectivity index (χ1v) is 10.3. The lowest BCUT2D eigenvalue weighted by atomic mass is 10.1. The molecule has 0 spiro atoms. The van der Waals surface area contributed by atoms with E-state index in [4.69, 9.17) is 14.2 Å². The fourth-order valence-corrected chi connectivity index (χ4v) is 3.08. The van der Waals surface area contributed by atoms with Crippen molar-refractivity contribution in [2.24, 2.45) is 0 Å². The van der Waals surface area contributed by atoms with Crippen molar-refractivity contribution in [1.82, 2.24) is 0 Å². The van der Waals surface area contributed by atoms with Crippen molar-refractivity contribution in [3.63, 3.8) is 0 Å². The lowest BCUT2D eigenvalue weighted by molar-refractivity contribution is 0.102. The van der Waals surface area contributed by atoms with Gasteiger partial charge in [0, 0.05) is 26.5 Å². The fourth-order valence-electron chi connectivity index (χ4n) is 2.72. The van der Waals surface area contributed by atoms with E-state index in [-0.39, 0.29) is 12.5 Å². The molecule has 0 unspecified atom stereocenters. The molecule has 1 amide bonds. The third-order valence-corrected chi connectivity index (χ3v) is 4.88. The Morgan fingerprint density at radius 2 is 1.72 bits per heavy atom. The van der Waals surface area contributed by atoms with Crippen LogP contribution in [-0.4, -0.2) is 19.6 Å². The van der Waals surface area contributed by atoms with E-state index in [2.05, 4.69) is 27.9 Å². The van der Waals surface area contributed by atoms with Crippen LogP contribution < -0.4 is 19.5 Å². The third-order valence-electron chi connectivity index (χ3n) is 4.16. The molecular weight excluding hydrogens is 481 g/mol. The Bertz CT molecular complexity index is 973. The van der Waals surface area contributed by atoms with E-state index in [1.807, 2.05) is 55.5 Å². The van der Waals surface area contributed by atoms with Crippen LogP contribution >= 0.6 is 22.6 Å². The Labute approximate surface area is 184 Å². The van der Waals surface area contributed by atoms with Gasteiger partial charge in [0.15, 0.2) is 0 Å². The minimum absolute atomic E-state index is 0.183. The SMILES string of the molecule is CCOc1ccc(C(=O)Nc2ccc(I)cc2)cc1COc1cccc(OC)c1. The molecule has 0 bridgehead atoms. The molecule has 6 heteroatoms. The summed E-state index contributed by atoms with van der Waals surface area (Å²) in [6, 6.07) is 20.4. The van der Waals surface area contributed by atoms with E-state index >= 15 is 0 Å². The second-order valence-electron chi connectivity index (χ2n) is 6.18. The van der Waals surface area contributed by atoms with E-state index in [1.165, 1.54) is 0 Å². The Hall–Kier alpha value is -2.74. The van der Waals surface area contributed by atoms with Gasteiger partial charge in [-0.25, -0.2) is 0 Å². The number of halogens is 1. The molecule has 0 saturated carbocycles. The van der Waals surface area contributed by atoms with Crippen LogP contribution in [0.5, 0.6) is 17.2 Å². The Morgan fingerprint density at radius 3 is 2.45 bits per heavy atom. The lowest BCUT2D eigenvalue weighted by Crippen LogP contribution is -2.13. The summed E-state index contributed by atoms with van der Waals surface area (Å²) >= 11 is 2.23. The highest BCUT2D eigenvalue weighted by atomic mass is 127. The lowest BCUT2D eigenvalue weighted by Gasteiger charge is -2.14. The Morgan fingerprint density at radius 1 is 0.966 bits per heavy atom. The minimum atomic E-state index is -0.183. The van der Waals surface area contributed by atoms with Gasteiger partial charge in [0.25, 0.3) is 5.91 Å². The summed E-state index contributed by atoms with van der Waals surface area (Å²) in [7, 11) is 1.61. The van der Waals surface area contributed by atoms with Crippen LogP contribution in [0.3, 0.4) is 0 Å². The minimum Gasteiger partial charge on any atom is -0.497 e. The van der Waals surface area contributed by atoms with Crippen molar-refractivity contribution in [2.45, 2.75) is 13.5 Å². The van der Waals surface area contributed by atoms with Gasteiger partial charge < -0.3 is 19.5 Å². The monoisotopic (exact) mass is 503 g/mol. The van der Waals surface area contributed by atoms with Crippen molar-refractivity contribution < 1.29 is 19.0 Å². The first-order chi connectivity index (χ1) is 14.1. The molecule has 3 aromatic rings. The van der Waals surface area contributed by atoms with Crippen molar-refractivity contribution in [3.8, 4) is 17.2 Å². The average Bonchev–Trinajstić information content (AvgIpc) is 2.75. The van der Waals surface area contributed by atoms with Gasteiger partial charge in [-0.15, -0.1) is 0 Å². The van der Waals surface area contributed by atoms with E-state index in [0.29, 0.717) is 23.7 Å². The van der Waals surface area contributed by atoms with Gasteiger partial charge in [0.2, 0.25) is 0 Å². The van der Waals surface area contributed by atoms with Gasteiger partial charge in [-0.3, -0.25) is 4.79 Å². The standard InChI is InChI=1S/C23H22INO4/c1-3-28-22-12-7-16(23(26)25-19-10-8-18(24)9-11-19)13-17(22)15-29-21-6-4-5-20(14-21)27-2/h4-14H,3,15H2,1-2H3,(H,25,26). The van der Waals surface area contributed by atoms with Crippen molar-refractivity contribution in [2.75, 3.05) is 19.0 Å². The van der Waals surface area contributed by atoms with Gasteiger partial charge in [0.05, 0.1) is 13.7 Å². The molecule has 3 rings (SSSR count). The largest absolute Gasteiger partial charge is 0.497 e. The quantitative estimate of drug-likeness (QED) is 0.411. The number of amides is 1. The number of nitrogens with one attached hydrogen (secondary N) is 1. The molecule has 0 aromatic heterocycles. The summed E-state index contributed by atoms with van der Waals surface area (Å²) in [6.45, 7) is 2.72. The normalized spacial score (nSPS) is 10.3. The van der Waals surface area contributed by atoms with E-state index in [1.54, 1.807) is 25.3 Å². The van der Waals surface area contributed by atoms with E-state index < -0.39 is 0 Å². The number of methoxy groups -OCH3 is 1. The third kappa shape index (κ3) is 5.87. The number of carbonyl (C=O) groups excluding carboxylic acids is 1. The maximum absolute atomic E-state index is 12.7. The zero-order valence-corrected chi connectivity index (χ0v) is 18.4. The van der Waals surface area contributed by atoms with Gasteiger partial charge in [0.1, 0.15) is 23.9 Å². The number of benzene rings is 3. The van der Waals surface area contributed by atoms with E-state index in [9.17, 15) is 4.79 Å². The van der Waals surface area contributed by atoms with Crippen molar-refractivity contribution in [1.29, 1.82) is 0 Å². The molecule has 0 fully saturated rings. The van der Waals surface area contributed by atoms with Gasteiger partial charge in [-0.2, -0.15) is 0 Å². The summed E-state index contributed by atoms with van der Waals surface area (Å²) in [5.41, 5.74) is 2.08. The highest BCUT2D eigenvalue weighted by molar-refractivity contribution is 14.1. The van der Waals surface area contributed by atoms with Crippen LogP contribution in [0, 0.1) is 3.57 Å². The van der Waals surface area contributed by atoms with Crippen LogP contribution in [-0.2, 0) is 6.61 Å². The molecule has 150 valence electrons. The molecule has 5 nitrogen and oxygen atoms in total. The molecule has 3 aromatic carbocycles. The number of ether oxygens (including phenoxy) is 3. The van der Waals surface area contributed by atoms with Gasteiger partial charge in [-0.05, 0) is 84.1 Å². The van der Waals surface area contributed by atoms with Crippen LogP contribution in [0.4, 0.5) is 5.69 Å². The summed E-state index contributed by atoms with van der Waals surface area (Å²) in [5, 5.41) is 2.91. The number of hydrogen-bond donors (Lipinski definition) is 1. The molecule has 0 aliphatic heterocycles. The number of hydrogen-bond acceptors (Lipinski definition) is 4. The maximum Gasteiger partial charge on any atom is 0.255 e. The van der Waals surface area contributed by atoms with Crippen molar-refractivity contribution >= 4 is 34.2 Å². The topological polar surface area (TPSA) is 56.8 Å². The molecule has 0 aliphatic carbocycles. The van der Waals surface area contributed by atoms with Crippen LogP contribution in [0.25, 0.3) is 0 Å². The summed E-state index contributed by atoms with van der Waals surface area (Å²) in [6.07, 6.45) is 0. The number of rotatable bonds is 8. The molecule has 1 N–H and O–H groups in total. The highest BCUT2D eigenvalue weighted by Gasteiger charge is 2.12. The molecule has 29 heavy (non-hydrogen) atoms. The summed E-state index contributed by atoms with van der Waals surface area (Å²) < 4.78 is 17.9. The van der Waals surface area contributed by atoms with Gasteiger partial charge >= 0.3 is 0 Å². The highest BCUT2D eigenvalue weighted by Crippen LogP contribution is 2.25. The first kappa shape index (κ1) is 21.0. The van der Waals surface area contributed by atoms with Gasteiger partial charge in [-0.1, -0.05) is 6.07 Å². The molecule has 0 aliphatic rings. The second-order valence-corrected chi connectivity index (χ2v) is 7.43. The maximum atomic E-state index is 12.7. The Balaban J connectivity index is 1.77. The predicted octanol–water partition coefficient (Wildman–Crippen LogP) is 5.53. The van der Waals surface area contributed by atoms with Crippen LogP contribution in [0.1, 0.15) is 22.8 Å².